The van der Waals surface area contributed by atoms with Crippen molar-refractivity contribution in [2.45, 2.75) is 31.0 Å². The summed E-state index contributed by atoms with van der Waals surface area (Å²) in [5, 5.41) is 48.9. The van der Waals surface area contributed by atoms with Gasteiger partial charge in [0.2, 0.25) is 0 Å². The van der Waals surface area contributed by atoms with E-state index in [1.165, 1.54) is 25.3 Å². The first-order valence-electron chi connectivity index (χ1n) is 6.64. The van der Waals surface area contributed by atoms with E-state index in [4.69, 9.17) is 9.47 Å². The molecule has 7 heteroatoms. The van der Waals surface area contributed by atoms with Crippen LogP contribution in [0.4, 0.5) is 0 Å². The number of rotatable bonds is 4. The van der Waals surface area contributed by atoms with Crippen LogP contribution in [-0.4, -0.2) is 57.7 Å². The van der Waals surface area contributed by atoms with Crippen molar-refractivity contribution >= 4 is 0 Å². The molecule has 1 aromatic carbocycles. The van der Waals surface area contributed by atoms with Crippen LogP contribution in [0.3, 0.4) is 0 Å². The molecule has 0 aromatic heterocycles. The van der Waals surface area contributed by atoms with E-state index in [-0.39, 0.29) is 24.5 Å². The predicted molar refractivity (Wildman–Crippen MR) is 71.7 cm³/mol. The molecule has 1 aromatic rings. The van der Waals surface area contributed by atoms with Crippen molar-refractivity contribution in [3.63, 3.8) is 0 Å². The zero-order chi connectivity index (χ0) is 15.6. The predicted octanol–water partition coefficient (Wildman–Crippen LogP) is -0.489. The number of aliphatic hydroxyl groups is 4. The van der Waals surface area contributed by atoms with Gasteiger partial charge in [0.05, 0.1) is 25.9 Å². The van der Waals surface area contributed by atoms with Gasteiger partial charge in [-0.15, -0.1) is 0 Å². The Balaban J connectivity index is 2.11. The highest BCUT2D eigenvalue weighted by Gasteiger charge is 2.39. The Labute approximate surface area is 122 Å². The van der Waals surface area contributed by atoms with E-state index < -0.39 is 30.5 Å². The van der Waals surface area contributed by atoms with Crippen molar-refractivity contribution in [2.24, 2.45) is 5.92 Å². The molecule has 1 saturated heterocycles. The summed E-state index contributed by atoms with van der Waals surface area (Å²) in [5.41, 5.74) is 0.462. The normalized spacial score (nSPS) is 30.9. The largest absolute Gasteiger partial charge is 0.504 e. The van der Waals surface area contributed by atoms with Crippen LogP contribution >= 0.6 is 0 Å². The molecule has 0 bridgehead atoms. The van der Waals surface area contributed by atoms with E-state index in [9.17, 15) is 25.5 Å². The van der Waals surface area contributed by atoms with E-state index in [1.807, 2.05) is 0 Å². The van der Waals surface area contributed by atoms with Gasteiger partial charge in [-0.25, -0.2) is 0 Å². The van der Waals surface area contributed by atoms with Crippen molar-refractivity contribution in [1.82, 2.24) is 0 Å². The van der Waals surface area contributed by atoms with Crippen molar-refractivity contribution in [1.29, 1.82) is 0 Å². The fourth-order valence-corrected chi connectivity index (χ4v) is 2.42. The molecule has 0 spiro atoms. The summed E-state index contributed by atoms with van der Waals surface area (Å²) < 4.78 is 9.90. The maximum atomic E-state index is 10.2. The molecule has 0 aliphatic carbocycles. The molecule has 21 heavy (non-hydrogen) atoms. The lowest BCUT2D eigenvalue weighted by Crippen LogP contribution is -2.49. The molecule has 0 saturated carbocycles. The fraction of sp³-hybridized carbons (Fsp3) is 0.571. The number of ether oxygens (including phenoxy) is 2. The number of phenols is 1. The Morgan fingerprint density at radius 3 is 2.71 bits per heavy atom. The van der Waals surface area contributed by atoms with E-state index >= 15 is 0 Å². The van der Waals surface area contributed by atoms with Gasteiger partial charge in [0.25, 0.3) is 0 Å². The Hall–Kier alpha value is -1.38. The van der Waals surface area contributed by atoms with Crippen LogP contribution in [0.15, 0.2) is 18.2 Å². The van der Waals surface area contributed by atoms with Gasteiger partial charge >= 0.3 is 0 Å². The van der Waals surface area contributed by atoms with Crippen LogP contribution in [0.2, 0.25) is 0 Å². The number of benzene rings is 1. The first kappa shape index (κ1) is 16.0. The van der Waals surface area contributed by atoms with Crippen LogP contribution < -0.4 is 4.74 Å². The average Bonchev–Trinajstić information content (AvgIpc) is 2.48. The lowest BCUT2D eigenvalue weighted by molar-refractivity contribution is -0.235. The molecule has 7 nitrogen and oxygen atoms in total. The minimum Gasteiger partial charge on any atom is -0.504 e. The second kappa shape index (κ2) is 6.59. The van der Waals surface area contributed by atoms with E-state index in [0.717, 1.165) is 0 Å². The molecule has 5 atom stereocenters. The Morgan fingerprint density at radius 2 is 2.05 bits per heavy atom. The van der Waals surface area contributed by atoms with E-state index in [0.29, 0.717) is 5.56 Å². The standard InChI is InChI=1S/C14H20O7/c1-20-12-4-7(2-3-9(12)15)10(16)5-8-13(18)11(17)6-21-14(8)19/h2-4,8,10-11,13-19H,5-6H2,1H3/t8-,10?,11-,13-,14?/m1/s1. The molecule has 2 rings (SSSR count). The van der Waals surface area contributed by atoms with Crippen molar-refractivity contribution < 1.29 is 35.0 Å². The van der Waals surface area contributed by atoms with Crippen molar-refractivity contribution in [3.05, 3.63) is 23.8 Å². The van der Waals surface area contributed by atoms with Crippen LogP contribution in [-0.2, 0) is 4.74 Å². The van der Waals surface area contributed by atoms with Gasteiger partial charge < -0.3 is 35.0 Å². The lowest BCUT2D eigenvalue weighted by atomic mass is 9.87. The zero-order valence-electron chi connectivity index (χ0n) is 11.6. The Kier molecular flexibility index (Phi) is 5.02. The zero-order valence-corrected chi connectivity index (χ0v) is 11.6. The number of hydrogen-bond donors (Lipinski definition) is 5. The number of aromatic hydroxyl groups is 1. The highest BCUT2D eigenvalue weighted by Crippen LogP contribution is 2.34. The van der Waals surface area contributed by atoms with Gasteiger partial charge in [0.1, 0.15) is 6.10 Å². The summed E-state index contributed by atoms with van der Waals surface area (Å²) in [6.45, 7) is -0.151. The molecule has 1 aliphatic rings. The lowest BCUT2D eigenvalue weighted by Gasteiger charge is -2.36. The Bertz CT molecular complexity index is 478. The van der Waals surface area contributed by atoms with Gasteiger partial charge in [0.15, 0.2) is 17.8 Å². The number of hydrogen-bond acceptors (Lipinski definition) is 7. The minimum absolute atomic E-state index is 0.00662. The Morgan fingerprint density at radius 1 is 1.33 bits per heavy atom. The van der Waals surface area contributed by atoms with Gasteiger partial charge in [-0.2, -0.15) is 0 Å². The molecular weight excluding hydrogens is 280 g/mol. The first-order chi connectivity index (χ1) is 9.93. The van der Waals surface area contributed by atoms with Crippen LogP contribution in [0.25, 0.3) is 0 Å². The number of aliphatic hydroxyl groups excluding tert-OH is 4. The minimum atomic E-state index is -1.25. The highest BCUT2D eigenvalue weighted by atomic mass is 16.6. The number of phenolic OH excluding ortho intramolecular Hbond substituents is 1. The molecule has 1 aliphatic heterocycles. The SMILES string of the molecule is COc1cc(C(O)C[C@H]2C(O)OC[C@@H](O)[C@@H]2O)ccc1O. The summed E-state index contributed by atoms with van der Waals surface area (Å²) in [6.07, 6.45) is -4.55. The summed E-state index contributed by atoms with van der Waals surface area (Å²) in [4.78, 5) is 0. The van der Waals surface area contributed by atoms with Gasteiger partial charge in [-0.1, -0.05) is 6.07 Å². The first-order valence-corrected chi connectivity index (χ1v) is 6.64. The summed E-state index contributed by atoms with van der Waals surface area (Å²) in [7, 11) is 1.39. The fourth-order valence-electron chi connectivity index (χ4n) is 2.42. The molecule has 1 fully saturated rings. The molecule has 2 unspecified atom stereocenters. The molecular formula is C14H20O7. The van der Waals surface area contributed by atoms with E-state index in [1.54, 1.807) is 0 Å². The average molecular weight is 300 g/mol. The third-order valence-electron chi connectivity index (χ3n) is 3.72. The third kappa shape index (κ3) is 3.45. The van der Waals surface area contributed by atoms with Crippen molar-refractivity contribution in [3.8, 4) is 11.5 Å². The van der Waals surface area contributed by atoms with Gasteiger partial charge in [0, 0.05) is 5.92 Å². The maximum absolute atomic E-state index is 10.2. The summed E-state index contributed by atoms with van der Waals surface area (Å²) in [5.74, 6) is -0.652. The van der Waals surface area contributed by atoms with Crippen LogP contribution in [0.5, 0.6) is 11.5 Å². The number of methoxy groups -OCH3 is 1. The molecule has 118 valence electrons. The summed E-state index contributed by atoms with van der Waals surface area (Å²) >= 11 is 0. The monoisotopic (exact) mass is 300 g/mol. The molecule has 0 radical (unpaired) electrons. The topological polar surface area (TPSA) is 120 Å². The summed E-state index contributed by atoms with van der Waals surface area (Å²) in [6, 6.07) is 4.37. The van der Waals surface area contributed by atoms with Crippen molar-refractivity contribution in [2.75, 3.05) is 13.7 Å². The smallest absolute Gasteiger partial charge is 0.160 e. The van der Waals surface area contributed by atoms with Gasteiger partial charge in [-0.3, -0.25) is 0 Å². The van der Waals surface area contributed by atoms with Crippen LogP contribution in [0.1, 0.15) is 18.1 Å². The second-order valence-electron chi connectivity index (χ2n) is 5.13. The highest BCUT2D eigenvalue weighted by molar-refractivity contribution is 5.42. The molecule has 1 heterocycles. The second-order valence-corrected chi connectivity index (χ2v) is 5.13. The quantitative estimate of drug-likeness (QED) is 0.509. The van der Waals surface area contributed by atoms with Crippen LogP contribution in [0, 0.1) is 5.92 Å². The van der Waals surface area contributed by atoms with E-state index in [2.05, 4.69) is 0 Å². The maximum Gasteiger partial charge on any atom is 0.160 e. The molecule has 0 amide bonds. The molecule has 5 N–H and O–H groups in total. The third-order valence-corrected chi connectivity index (χ3v) is 3.72. The van der Waals surface area contributed by atoms with Gasteiger partial charge in [-0.05, 0) is 24.1 Å².